The number of hydrogen-bond acceptors (Lipinski definition) is 3. The van der Waals surface area contributed by atoms with E-state index in [-0.39, 0.29) is 18.0 Å². The molecule has 1 rings (SSSR count). The number of amides is 2. The zero-order valence-corrected chi connectivity index (χ0v) is 15.4. The molecule has 5 nitrogen and oxygen atoms in total. The van der Waals surface area contributed by atoms with E-state index >= 15 is 0 Å². The number of carbonyl (C=O) groups excluding carboxylic acids is 2. The number of likely N-dealkylation sites (tertiary alicyclic amines) is 1. The molecule has 1 aliphatic heterocycles. The number of ether oxygens (including phenoxy) is 1. The van der Waals surface area contributed by atoms with Crippen molar-refractivity contribution in [2.75, 3.05) is 19.6 Å². The van der Waals surface area contributed by atoms with Crippen LogP contribution in [0.2, 0.25) is 0 Å². The summed E-state index contributed by atoms with van der Waals surface area (Å²) in [6.45, 7) is 16.2. The van der Waals surface area contributed by atoms with Gasteiger partial charge < -0.3 is 14.5 Å². The molecule has 0 aromatic rings. The van der Waals surface area contributed by atoms with Crippen LogP contribution in [-0.4, -0.2) is 53.1 Å². The predicted molar refractivity (Wildman–Crippen MR) is 96.7 cm³/mol. The second-order valence-electron chi connectivity index (χ2n) is 7.05. The van der Waals surface area contributed by atoms with Crippen molar-refractivity contribution < 1.29 is 14.3 Å². The highest BCUT2D eigenvalue weighted by molar-refractivity contribution is 5.74. The minimum absolute atomic E-state index is 0.0152. The van der Waals surface area contributed by atoms with Crippen LogP contribution in [0.15, 0.2) is 37.0 Å². The Morgan fingerprint density at radius 2 is 2.00 bits per heavy atom. The summed E-state index contributed by atoms with van der Waals surface area (Å²) in [4.78, 5) is 27.8. The standard InChI is InChI=1S/C19H30N2O3/c1-7-10-16(8-2)13-20(15(3)22)14-17-11-9-12-21(17)18(23)24-19(4,5)6/h7-8,10,17H,1-2,9,11-14H2,3-6H3/b16-10+/t17-/m0/s1. The first-order valence-corrected chi connectivity index (χ1v) is 8.37. The van der Waals surface area contributed by atoms with Gasteiger partial charge in [0.1, 0.15) is 5.60 Å². The summed E-state index contributed by atoms with van der Waals surface area (Å²) in [6, 6.07) is -0.0152. The van der Waals surface area contributed by atoms with E-state index in [1.807, 2.05) is 26.8 Å². The largest absolute Gasteiger partial charge is 0.444 e. The van der Waals surface area contributed by atoms with Crippen LogP contribution in [0, 0.1) is 0 Å². The van der Waals surface area contributed by atoms with E-state index < -0.39 is 5.60 Å². The Kier molecular flexibility index (Phi) is 7.26. The first-order chi connectivity index (χ1) is 11.2. The van der Waals surface area contributed by atoms with E-state index in [0.29, 0.717) is 19.6 Å². The first-order valence-electron chi connectivity index (χ1n) is 8.37. The summed E-state index contributed by atoms with van der Waals surface area (Å²) in [5.74, 6) is -0.0251. The minimum Gasteiger partial charge on any atom is -0.444 e. The zero-order chi connectivity index (χ0) is 18.3. The van der Waals surface area contributed by atoms with Crippen LogP contribution >= 0.6 is 0 Å². The number of rotatable bonds is 6. The highest BCUT2D eigenvalue weighted by Gasteiger charge is 2.33. The second kappa shape index (κ2) is 8.71. The summed E-state index contributed by atoms with van der Waals surface area (Å²) in [6.07, 6.45) is 6.72. The average Bonchev–Trinajstić information content (AvgIpc) is 2.92. The average molecular weight is 334 g/mol. The fraction of sp³-hybridized carbons (Fsp3) is 0.579. The molecular formula is C19H30N2O3. The van der Waals surface area contributed by atoms with Crippen molar-refractivity contribution in [2.45, 2.75) is 52.2 Å². The molecule has 1 heterocycles. The van der Waals surface area contributed by atoms with E-state index in [2.05, 4.69) is 13.2 Å². The molecule has 0 aromatic heterocycles. The quantitative estimate of drug-likeness (QED) is 0.698. The number of allylic oxidation sites excluding steroid dienone is 2. The Balaban J connectivity index is 2.80. The van der Waals surface area contributed by atoms with Crippen LogP contribution in [0.1, 0.15) is 40.5 Å². The number of nitrogens with zero attached hydrogens (tertiary/aromatic N) is 2. The van der Waals surface area contributed by atoms with E-state index in [9.17, 15) is 9.59 Å². The summed E-state index contributed by atoms with van der Waals surface area (Å²) >= 11 is 0. The SMILES string of the molecule is C=C/C=C(\C=C)CN(C[C@@H]1CCCN1C(=O)OC(C)(C)C)C(C)=O. The summed E-state index contributed by atoms with van der Waals surface area (Å²) < 4.78 is 5.48. The van der Waals surface area contributed by atoms with Crippen molar-refractivity contribution in [3.8, 4) is 0 Å². The van der Waals surface area contributed by atoms with Gasteiger partial charge in [-0.05, 0) is 39.2 Å². The molecule has 0 saturated carbocycles. The van der Waals surface area contributed by atoms with Crippen molar-refractivity contribution >= 4 is 12.0 Å². The molecule has 0 unspecified atom stereocenters. The molecule has 134 valence electrons. The maximum Gasteiger partial charge on any atom is 0.410 e. The van der Waals surface area contributed by atoms with Gasteiger partial charge in [-0.3, -0.25) is 4.79 Å². The van der Waals surface area contributed by atoms with Crippen LogP contribution < -0.4 is 0 Å². The highest BCUT2D eigenvalue weighted by Crippen LogP contribution is 2.22. The van der Waals surface area contributed by atoms with Gasteiger partial charge in [-0.2, -0.15) is 0 Å². The smallest absolute Gasteiger partial charge is 0.410 e. The Bertz CT molecular complexity index is 517. The van der Waals surface area contributed by atoms with E-state index in [1.165, 1.54) is 0 Å². The van der Waals surface area contributed by atoms with Crippen LogP contribution in [0.4, 0.5) is 4.79 Å². The summed E-state index contributed by atoms with van der Waals surface area (Å²) in [5, 5.41) is 0. The molecule has 2 amide bonds. The van der Waals surface area contributed by atoms with Crippen molar-refractivity contribution in [3.05, 3.63) is 37.0 Å². The number of hydrogen-bond donors (Lipinski definition) is 0. The van der Waals surface area contributed by atoms with Gasteiger partial charge in [0.05, 0.1) is 6.04 Å². The Hall–Kier alpha value is -2.04. The molecule has 0 radical (unpaired) electrons. The molecule has 0 N–H and O–H groups in total. The topological polar surface area (TPSA) is 49.9 Å². The molecule has 24 heavy (non-hydrogen) atoms. The van der Waals surface area contributed by atoms with Gasteiger partial charge in [-0.25, -0.2) is 4.79 Å². The van der Waals surface area contributed by atoms with E-state index in [4.69, 9.17) is 4.74 Å². The van der Waals surface area contributed by atoms with Gasteiger partial charge in [0.2, 0.25) is 5.91 Å². The van der Waals surface area contributed by atoms with E-state index in [1.54, 1.807) is 28.9 Å². The third-order valence-corrected chi connectivity index (χ3v) is 3.85. The fourth-order valence-electron chi connectivity index (χ4n) is 2.70. The third-order valence-electron chi connectivity index (χ3n) is 3.85. The fourth-order valence-corrected chi connectivity index (χ4v) is 2.70. The molecule has 1 aliphatic rings. The summed E-state index contributed by atoms with van der Waals surface area (Å²) in [7, 11) is 0. The second-order valence-corrected chi connectivity index (χ2v) is 7.05. The van der Waals surface area contributed by atoms with Crippen molar-refractivity contribution in [1.82, 2.24) is 9.80 Å². The lowest BCUT2D eigenvalue weighted by molar-refractivity contribution is -0.129. The monoisotopic (exact) mass is 334 g/mol. The molecule has 0 aromatic carbocycles. The minimum atomic E-state index is -0.521. The van der Waals surface area contributed by atoms with Gasteiger partial charge in [0, 0.05) is 26.6 Å². The highest BCUT2D eigenvalue weighted by atomic mass is 16.6. The van der Waals surface area contributed by atoms with Crippen molar-refractivity contribution in [2.24, 2.45) is 0 Å². The molecule has 0 aliphatic carbocycles. The van der Waals surface area contributed by atoms with Crippen molar-refractivity contribution in [1.29, 1.82) is 0 Å². The van der Waals surface area contributed by atoms with E-state index in [0.717, 1.165) is 18.4 Å². The van der Waals surface area contributed by atoms with Gasteiger partial charge in [-0.1, -0.05) is 31.4 Å². The lowest BCUT2D eigenvalue weighted by Crippen LogP contribution is -2.46. The molecule has 5 heteroatoms. The molecule has 0 spiro atoms. The molecular weight excluding hydrogens is 304 g/mol. The lowest BCUT2D eigenvalue weighted by Gasteiger charge is -2.32. The zero-order valence-electron chi connectivity index (χ0n) is 15.4. The van der Waals surface area contributed by atoms with Gasteiger partial charge in [-0.15, -0.1) is 0 Å². The maximum absolute atomic E-state index is 12.4. The third kappa shape index (κ3) is 6.22. The first kappa shape index (κ1) is 20.0. The lowest BCUT2D eigenvalue weighted by atomic mass is 10.1. The van der Waals surface area contributed by atoms with Gasteiger partial charge in [0.25, 0.3) is 0 Å². The molecule has 0 bridgehead atoms. The Labute approximate surface area is 145 Å². The van der Waals surface area contributed by atoms with Crippen LogP contribution in [-0.2, 0) is 9.53 Å². The molecule has 1 saturated heterocycles. The maximum atomic E-state index is 12.4. The van der Waals surface area contributed by atoms with Crippen LogP contribution in [0.3, 0.4) is 0 Å². The predicted octanol–water partition coefficient (Wildman–Crippen LogP) is 3.53. The van der Waals surface area contributed by atoms with Crippen LogP contribution in [0.5, 0.6) is 0 Å². The van der Waals surface area contributed by atoms with Crippen molar-refractivity contribution in [3.63, 3.8) is 0 Å². The number of carbonyl (C=O) groups is 2. The molecule has 1 fully saturated rings. The Morgan fingerprint density at radius 3 is 2.50 bits per heavy atom. The summed E-state index contributed by atoms with van der Waals surface area (Å²) in [5.41, 5.74) is 0.398. The van der Waals surface area contributed by atoms with Gasteiger partial charge >= 0.3 is 6.09 Å². The normalized spacial score (nSPS) is 18.2. The van der Waals surface area contributed by atoms with Gasteiger partial charge in [0.15, 0.2) is 0 Å². The molecule has 1 atom stereocenters. The van der Waals surface area contributed by atoms with Crippen LogP contribution in [0.25, 0.3) is 0 Å². The Morgan fingerprint density at radius 1 is 1.33 bits per heavy atom.